The highest BCUT2D eigenvalue weighted by Crippen LogP contribution is 2.37. The van der Waals surface area contributed by atoms with Crippen molar-refractivity contribution < 1.29 is 14.3 Å². The second-order valence-corrected chi connectivity index (χ2v) is 9.36. The minimum Gasteiger partial charge on any atom is -0.359 e. The molecule has 37 heavy (non-hydrogen) atoms. The Balaban J connectivity index is 1.41. The van der Waals surface area contributed by atoms with Gasteiger partial charge in [0.2, 0.25) is 0 Å². The Morgan fingerprint density at radius 3 is 2.49 bits per heavy atom. The molecule has 1 saturated carbocycles. The van der Waals surface area contributed by atoms with E-state index in [1.54, 1.807) is 22.7 Å². The van der Waals surface area contributed by atoms with E-state index < -0.39 is 0 Å². The van der Waals surface area contributed by atoms with Crippen LogP contribution in [-0.4, -0.2) is 51.6 Å². The molecule has 2 aromatic carbocycles. The van der Waals surface area contributed by atoms with E-state index in [1.807, 2.05) is 68.7 Å². The van der Waals surface area contributed by atoms with Gasteiger partial charge in [-0.1, -0.05) is 48.5 Å². The lowest BCUT2D eigenvalue weighted by molar-refractivity contribution is -0.0695. The number of urea groups is 1. The Labute approximate surface area is 216 Å². The smallest absolute Gasteiger partial charge is 0.320 e. The van der Waals surface area contributed by atoms with Gasteiger partial charge in [0.05, 0.1) is 18.0 Å². The molecule has 4 aromatic rings. The van der Waals surface area contributed by atoms with Gasteiger partial charge in [0.1, 0.15) is 18.3 Å². The summed E-state index contributed by atoms with van der Waals surface area (Å²) in [6, 6.07) is 19.7. The number of hydrogen-bond acceptors (Lipinski definition) is 5. The van der Waals surface area contributed by atoms with Crippen LogP contribution in [0.2, 0.25) is 0 Å². The lowest BCUT2D eigenvalue weighted by Gasteiger charge is -2.21. The standard InChI is InChI=1S/C28H32N6O3/c1-19-26(21-16-29-33(2)17-21)32-34(22-12-8-5-9-13-22)27(19)31-28(35)30-25-15-23(37-18-36-3)14-24(25)20-10-6-4-7-11-20/h4-13,16-17,23-25H,14-15,18H2,1-3H3,(H2,30,31,35)/t23?,24-,25+/m0/s1. The van der Waals surface area contributed by atoms with Crippen molar-refractivity contribution in [2.75, 3.05) is 19.2 Å². The fraction of sp³-hybridized carbons (Fsp3) is 0.321. The van der Waals surface area contributed by atoms with Gasteiger partial charge >= 0.3 is 6.03 Å². The number of nitrogens with one attached hydrogen (secondary N) is 2. The quantitative estimate of drug-likeness (QED) is 0.344. The van der Waals surface area contributed by atoms with Crippen LogP contribution in [-0.2, 0) is 16.5 Å². The van der Waals surface area contributed by atoms with Crippen LogP contribution in [0.5, 0.6) is 0 Å². The summed E-state index contributed by atoms with van der Waals surface area (Å²) in [6.45, 7) is 2.19. The minimum atomic E-state index is -0.281. The van der Waals surface area contributed by atoms with Crippen molar-refractivity contribution in [2.24, 2.45) is 7.05 Å². The first-order valence-electron chi connectivity index (χ1n) is 12.4. The van der Waals surface area contributed by atoms with Crippen molar-refractivity contribution in [1.29, 1.82) is 0 Å². The Kier molecular flexibility index (Phi) is 7.34. The molecule has 9 nitrogen and oxygen atoms in total. The third kappa shape index (κ3) is 5.42. The highest BCUT2D eigenvalue weighted by Gasteiger charge is 2.37. The molecule has 1 fully saturated rings. The molecule has 1 unspecified atom stereocenters. The van der Waals surface area contributed by atoms with Crippen LogP contribution in [0.3, 0.4) is 0 Å². The van der Waals surface area contributed by atoms with Crippen molar-refractivity contribution >= 4 is 11.8 Å². The summed E-state index contributed by atoms with van der Waals surface area (Å²) < 4.78 is 14.5. The molecular formula is C28H32N6O3. The second-order valence-electron chi connectivity index (χ2n) is 9.36. The molecule has 2 aromatic heterocycles. The van der Waals surface area contributed by atoms with Crippen LogP contribution < -0.4 is 10.6 Å². The average Bonchev–Trinajstić information content (AvgIpc) is 3.61. The number of amides is 2. The summed E-state index contributed by atoms with van der Waals surface area (Å²) >= 11 is 0. The summed E-state index contributed by atoms with van der Waals surface area (Å²) in [5.41, 5.74) is 4.55. The maximum atomic E-state index is 13.4. The van der Waals surface area contributed by atoms with E-state index in [4.69, 9.17) is 14.6 Å². The zero-order valence-corrected chi connectivity index (χ0v) is 21.3. The second kappa shape index (κ2) is 11.0. The highest BCUT2D eigenvalue weighted by atomic mass is 16.7. The molecule has 2 N–H and O–H groups in total. The van der Waals surface area contributed by atoms with Gasteiger partial charge in [-0.05, 0) is 37.5 Å². The molecule has 1 aliphatic carbocycles. The summed E-state index contributed by atoms with van der Waals surface area (Å²) in [4.78, 5) is 13.4. The first kappa shape index (κ1) is 24.7. The van der Waals surface area contributed by atoms with Crippen LogP contribution in [0.25, 0.3) is 16.9 Å². The van der Waals surface area contributed by atoms with E-state index in [0.29, 0.717) is 12.2 Å². The lowest BCUT2D eigenvalue weighted by Crippen LogP contribution is -2.40. The molecule has 2 heterocycles. The molecular weight excluding hydrogens is 468 g/mol. The number of anilines is 1. The minimum absolute atomic E-state index is 0.00391. The summed E-state index contributed by atoms with van der Waals surface area (Å²) in [5.74, 6) is 0.754. The number of aromatic nitrogens is 4. The molecule has 3 atom stereocenters. The van der Waals surface area contributed by atoms with Crippen LogP contribution in [0.1, 0.15) is 29.9 Å². The number of hydrogen-bond donors (Lipinski definition) is 2. The summed E-state index contributed by atoms with van der Waals surface area (Å²) in [6.07, 6.45) is 5.21. The molecule has 2 amide bonds. The van der Waals surface area contributed by atoms with Gasteiger partial charge < -0.3 is 14.8 Å². The third-order valence-corrected chi connectivity index (χ3v) is 6.82. The van der Waals surface area contributed by atoms with Crippen LogP contribution >= 0.6 is 0 Å². The summed E-state index contributed by atoms with van der Waals surface area (Å²) in [7, 11) is 3.48. The lowest BCUT2D eigenvalue weighted by atomic mass is 9.94. The number of ether oxygens (including phenoxy) is 2. The van der Waals surface area contributed by atoms with E-state index in [1.165, 1.54) is 5.56 Å². The van der Waals surface area contributed by atoms with E-state index in [0.717, 1.165) is 28.9 Å². The predicted molar refractivity (Wildman–Crippen MR) is 142 cm³/mol. The van der Waals surface area contributed by atoms with Gasteiger partial charge in [0.15, 0.2) is 0 Å². The number of methoxy groups -OCH3 is 1. The molecule has 0 bridgehead atoms. The molecule has 0 radical (unpaired) electrons. The molecule has 9 heteroatoms. The zero-order chi connectivity index (χ0) is 25.8. The average molecular weight is 501 g/mol. The molecule has 192 valence electrons. The number of para-hydroxylation sites is 1. The largest absolute Gasteiger partial charge is 0.359 e. The Morgan fingerprint density at radius 1 is 1.08 bits per heavy atom. The first-order chi connectivity index (χ1) is 18.0. The molecule has 0 aliphatic heterocycles. The Hall–Kier alpha value is -3.95. The van der Waals surface area contributed by atoms with Crippen LogP contribution in [0.15, 0.2) is 73.1 Å². The van der Waals surface area contributed by atoms with Crippen LogP contribution in [0, 0.1) is 6.92 Å². The maximum Gasteiger partial charge on any atom is 0.320 e. The topological polar surface area (TPSA) is 95.2 Å². The monoisotopic (exact) mass is 500 g/mol. The van der Waals surface area contributed by atoms with Crippen molar-refractivity contribution in [3.63, 3.8) is 0 Å². The van der Waals surface area contributed by atoms with Gasteiger partial charge in [0, 0.05) is 43.4 Å². The SMILES string of the molecule is COCOC1C[C@@H](NC(=O)Nc2c(C)c(-c3cnn(C)c3)nn2-c2ccccc2)[C@H](c2ccccc2)C1. The number of carbonyl (C=O) groups excluding carboxylic acids is 1. The first-order valence-corrected chi connectivity index (χ1v) is 12.4. The van der Waals surface area contributed by atoms with Crippen molar-refractivity contribution in [1.82, 2.24) is 24.9 Å². The van der Waals surface area contributed by atoms with E-state index in [9.17, 15) is 4.79 Å². The zero-order valence-electron chi connectivity index (χ0n) is 21.3. The molecule has 0 spiro atoms. The summed E-state index contributed by atoms with van der Waals surface area (Å²) in [5, 5.41) is 15.4. The fourth-order valence-corrected chi connectivity index (χ4v) is 5.05. The highest BCUT2D eigenvalue weighted by molar-refractivity contribution is 5.91. The van der Waals surface area contributed by atoms with Gasteiger partial charge in [-0.25, -0.2) is 9.48 Å². The molecule has 0 saturated heterocycles. The van der Waals surface area contributed by atoms with E-state index in [2.05, 4.69) is 27.9 Å². The van der Waals surface area contributed by atoms with Crippen molar-refractivity contribution in [2.45, 2.75) is 37.8 Å². The normalized spacial score (nSPS) is 19.2. The van der Waals surface area contributed by atoms with Crippen molar-refractivity contribution in [3.05, 3.63) is 84.2 Å². The van der Waals surface area contributed by atoms with Gasteiger partial charge in [-0.2, -0.15) is 10.2 Å². The van der Waals surface area contributed by atoms with Crippen molar-refractivity contribution in [3.8, 4) is 16.9 Å². The number of rotatable bonds is 8. The predicted octanol–water partition coefficient (Wildman–Crippen LogP) is 4.64. The number of benzene rings is 2. The van der Waals surface area contributed by atoms with E-state index in [-0.39, 0.29) is 30.9 Å². The molecule has 5 rings (SSSR count). The Bertz CT molecular complexity index is 1330. The number of aryl methyl sites for hydroxylation is 1. The maximum absolute atomic E-state index is 13.4. The van der Waals surface area contributed by atoms with Gasteiger partial charge in [0.25, 0.3) is 0 Å². The number of carbonyl (C=O) groups is 1. The van der Waals surface area contributed by atoms with Gasteiger partial charge in [-0.15, -0.1) is 0 Å². The fourth-order valence-electron chi connectivity index (χ4n) is 5.05. The van der Waals surface area contributed by atoms with E-state index >= 15 is 0 Å². The van der Waals surface area contributed by atoms with Gasteiger partial charge in [-0.3, -0.25) is 10.00 Å². The van der Waals surface area contributed by atoms with Crippen LogP contribution in [0.4, 0.5) is 10.6 Å². The molecule has 1 aliphatic rings. The third-order valence-electron chi connectivity index (χ3n) is 6.82. The number of nitrogens with zero attached hydrogens (tertiary/aromatic N) is 4. The Morgan fingerprint density at radius 2 is 1.81 bits per heavy atom.